The third kappa shape index (κ3) is 4.43. The highest BCUT2D eigenvalue weighted by Crippen LogP contribution is 2.53. The van der Waals surface area contributed by atoms with Crippen LogP contribution in [0.15, 0.2) is 42.5 Å². The molecule has 1 heterocycles. The second kappa shape index (κ2) is 9.78. The molecule has 0 amide bonds. The first kappa shape index (κ1) is 23.2. The van der Waals surface area contributed by atoms with Gasteiger partial charge >= 0.3 is 0 Å². The van der Waals surface area contributed by atoms with E-state index in [1.54, 1.807) is 12.1 Å². The summed E-state index contributed by atoms with van der Waals surface area (Å²) in [5.41, 5.74) is 5.40. The molecule has 3 atom stereocenters. The molecule has 30 heavy (non-hydrogen) atoms. The van der Waals surface area contributed by atoms with Crippen molar-refractivity contribution in [2.24, 2.45) is 11.8 Å². The van der Waals surface area contributed by atoms with Crippen molar-refractivity contribution in [2.45, 2.75) is 57.1 Å². The van der Waals surface area contributed by atoms with Crippen LogP contribution in [0.2, 0.25) is 0 Å². The second-order valence-electron chi connectivity index (χ2n) is 9.11. The molecule has 1 aliphatic heterocycles. The standard InChI is InChI=1S/C25H30FNO.ClH.H2O/c26-20-9-7-18(8-10-20)16-27-13-11-17(12-14-27)15-23-21-5-1-3-19-4-2-6-22(24(19)21)25(23)28;;/h2,4,6-10,17,21,23,25,28H,1,3,5,11-16H2;1H;1H2. The summed E-state index contributed by atoms with van der Waals surface area (Å²) in [4.78, 5) is 2.49. The van der Waals surface area contributed by atoms with Crippen LogP contribution < -0.4 is 0 Å². The molecule has 3 nitrogen and oxygen atoms in total. The Hall–Kier alpha value is -1.46. The van der Waals surface area contributed by atoms with Crippen molar-refractivity contribution in [2.75, 3.05) is 13.1 Å². The summed E-state index contributed by atoms with van der Waals surface area (Å²) in [6, 6.07) is 13.5. The van der Waals surface area contributed by atoms with Gasteiger partial charge in [-0.2, -0.15) is 0 Å². The number of aliphatic hydroxyl groups is 1. The van der Waals surface area contributed by atoms with Crippen LogP contribution in [-0.2, 0) is 13.0 Å². The summed E-state index contributed by atoms with van der Waals surface area (Å²) >= 11 is 0. The highest BCUT2D eigenvalue weighted by Gasteiger charge is 2.43. The van der Waals surface area contributed by atoms with Gasteiger partial charge in [0.15, 0.2) is 0 Å². The van der Waals surface area contributed by atoms with Crippen LogP contribution in [-0.4, -0.2) is 28.6 Å². The minimum absolute atomic E-state index is 0. The maximum absolute atomic E-state index is 13.1. The van der Waals surface area contributed by atoms with Crippen molar-refractivity contribution in [3.05, 3.63) is 70.5 Å². The van der Waals surface area contributed by atoms with E-state index < -0.39 is 0 Å². The highest BCUT2D eigenvalue weighted by molar-refractivity contribution is 5.85. The zero-order valence-electron chi connectivity index (χ0n) is 17.4. The van der Waals surface area contributed by atoms with E-state index in [-0.39, 0.29) is 29.8 Å². The molecule has 0 bridgehead atoms. The van der Waals surface area contributed by atoms with Gasteiger partial charge in [-0.25, -0.2) is 4.39 Å². The Morgan fingerprint density at radius 1 is 1.00 bits per heavy atom. The number of aliphatic hydroxyl groups excluding tert-OH is 1. The van der Waals surface area contributed by atoms with Crippen LogP contribution in [0.3, 0.4) is 0 Å². The molecule has 3 unspecified atom stereocenters. The molecular weight excluding hydrogens is 401 g/mol. The molecule has 3 N–H and O–H groups in total. The van der Waals surface area contributed by atoms with Crippen LogP contribution >= 0.6 is 12.4 Å². The number of aryl methyl sites for hydroxylation is 1. The van der Waals surface area contributed by atoms with Crippen molar-refractivity contribution in [1.82, 2.24) is 4.90 Å². The van der Waals surface area contributed by atoms with Gasteiger partial charge in [0.25, 0.3) is 0 Å². The zero-order valence-corrected chi connectivity index (χ0v) is 18.2. The third-order valence-corrected chi connectivity index (χ3v) is 7.44. The predicted octanol–water partition coefficient (Wildman–Crippen LogP) is 4.81. The molecule has 5 rings (SSSR count). The van der Waals surface area contributed by atoms with Gasteiger partial charge in [-0.1, -0.05) is 30.3 Å². The average Bonchev–Trinajstić information content (AvgIpc) is 2.99. The molecule has 2 aromatic carbocycles. The number of hydrogen-bond acceptors (Lipinski definition) is 2. The van der Waals surface area contributed by atoms with Crippen LogP contribution in [0.1, 0.15) is 66.4 Å². The Labute approximate surface area is 185 Å². The van der Waals surface area contributed by atoms with Crippen LogP contribution in [0.25, 0.3) is 0 Å². The van der Waals surface area contributed by atoms with Crippen LogP contribution in [0.4, 0.5) is 4.39 Å². The SMILES string of the molecule is Cl.O.OC1c2cccc3c2C(CCC3)C1CC1CCN(Cc2ccc(F)cc2)CC1. The Kier molecular flexibility index (Phi) is 7.56. The first-order chi connectivity index (χ1) is 13.7. The quantitative estimate of drug-likeness (QED) is 0.752. The summed E-state index contributed by atoms with van der Waals surface area (Å²) in [5, 5.41) is 11.1. The van der Waals surface area contributed by atoms with Crippen molar-refractivity contribution in [3.63, 3.8) is 0 Å². The summed E-state index contributed by atoms with van der Waals surface area (Å²) in [6.07, 6.45) is 7.00. The molecule has 3 aliphatic rings. The van der Waals surface area contributed by atoms with Gasteiger partial charge in [0.2, 0.25) is 0 Å². The molecule has 0 aromatic heterocycles. The molecule has 2 aliphatic carbocycles. The van der Waals surface area contributed by atoms with E-state index in [9.17, 15) is 9.50 Å². The fraction of sp³-hybridized carbons (Fsp3) is 0.520. The maximum Gasteiger partial charge on any atom is 0.123 e. The molecule has 164 valence electrons. The topological polar surface area (TPSA) is 55.0 Å². The number of benzene rings is 2. The van der Waals surface area contributed by atoms with Gasteiger partial charge in [-0.3, -0.25) is 4.90 Å². The molecule has 1 fully saturated rings. The van der Waals surface area contributed by atoms with E-state index in [0.29, 0.717) is 17.8 Å². The molecule has 5 heteroatoms. The van der Waals surface area contributed by atoms with Crippen molar-refractivity contribution in [1.29, 1.82) is 0 Å². The summed E-state index contributed by atoms with van der Waals surface area (Å²) < 4.78 is 13.1. The summed E-state index contributed by atoms with van der Waals surface area (Å²) in [6.45, 7) is 3.12. The summed E-state index contributed by atoms with van der Waals surface area (Å²) in [7, 11) is 0. The fourth-order valence-corrected chi connectivity index (χ4v) is 6.00. The van der Waals surface area contributed by atoms with Crippen LogP contribution in [0, 0.1) is 17.7 Å². The van der Waals surface area contributed by atoms with Gasteiger partial charge in [0.1, 0.15) is 5.82 Å². The number of piperidine rings is 1. The fourth-order valence-electron chi connectivity index (χ4n) is 6.00. The monoisotopic (exact) mass is 433 g/mol. The van der Waals surface area contributed by atoms with Gasteiger partial charge in [-0.15, -0.1) is 12.4 Å². The van der Waals surface area contributed by atoms with Crippen LogP contribution in [0.5, 0.6) is 0 Å². The Bertz CT molecular complexity index is 836. The molecule has 1 saturated heterocycles. The van der Waals surface area contributed by atoms with E-state index in [1.165, 1.54) is 54.4 Å². The van der Waals surface area contributed by atoms with E-state index >= 15 is 0 Å². The lowest BCUT2D eigenvalue weighted by Gasteiger charge is -2.35. The number of nitrogens with zero attached hydrogens (tertiary/aromatic N) is 1. The second-order valence-corrected chi connectivity index (χ2v) is 9.11. The molecule has 2 aromatic rings. The minimum Gasteiger partial charge on any atom is -0.412 e. The number of likely N-dealkylation sites (tertiary alicyclic amines) is 1. The van der Waals surface area contributed by atoms with Gasteiger partial charge in [0, 0.05) is 6.54 Å². The van der Waals surface area contributed by atoms with E-state index in [0.717, 1.165) is 26.1 Å². The van der Waals surface area contributed by atoms with Gasteiger partial charge in [-0.05, 0) is 104 Å². The smallest absolute Gasteiger partial charge is 0.123 e. The Balaban J connectivity index is 0.00000128. The zero-order chi connectivity index (χ0) is 19.1. The molecule has 0 saturated carbocycles. The first-order valence-corrected chi connectivity index (χ1v) is 11.0. The van der Waals surface area contributed by atoms with Crippen molar-refractivity contribution in [3.8, 4) is 0 Å². The third-order valence-electron chi connectivity index (χ3n) is 7.44. The van der Waals surface area contributed by atoms with Crippen molar-refractivity contribution >= 4 is 12.4 Å². The average molecular weight is 434 g/mol. The van der Waals surface area contributed by atoms with E-state index in [4.69, 9.17) is 0 Å². The van der Waals surface area contributed by atoms with E-state index in [2.05, 4.69) is 23.1 Å². The molecular formula is C25H33ClFNO2. The van der Waals surface area contributed by atoms with E-state index in [1.807, 2.05) is 12.1 Å². The Morgan fingerprint density at radius 2 is 1.73 bits per heavy atom. The lowest BCUT2D eigenvalue weighted by atomic mass is 9.75. The summed E-state index contributed by atoms with van der Waals surface area (Å²) in [5.74, 6) is 1.53. The number of halogens is 2. The molecule has 0 radical (unpaired) electrons. The highest BCUT2D eigenvalue weighted by atomic mass is 35.5. The minimum atomic E-state index is -0.268. The molecule has 0 spiro atoms. The maximum atomic E-state index is 13.1. The first-order valence-electron chi connectivity index (χ1n) is 11.0. The predicted molar refractivity (Wildman–Crippen MR) is 120 cm³/mol. The van der Waals surface area contributed by atoms with Gasteiger partial charge < -0.3 is 10.6 Å². The number of hydrogen-bond donors (Lipinski definition) is 1. The number of rotatable bonds is 4. The van der Waals surface area contributed by atoms with Gasteiger partial charge in [0.05, 0.1) is 6.10 Å². The lowest BCUT2D eigenvalue weighted by Crippen LogP contribution is -2.34. The normalized spacial score (nSPS) is 25.9. The largest absolute Gasteiger partial charge is 0.412 e. The van der Waals surface area contributed by atoms with Crippen molar-refractivity contribution < 1.29 is 15.0 Å². The lowest BCUT2D eigenvalue weighted by molar-refractivity contribution is 0.0754. The Morgan fingerprint density at radius 3 is 2.47 bits per heavy atom.